The molecule has 1 N–H and O–H groups in total. The van der Waals surface area contributed by atoms with Crippen LogP contribution < -0.4 is 5.32 Å². The minimum Gasteiger partial charge on any atom is -0.382 e. The summed E-state index contributed by atoms with van der Waals surface area (Å²) < 4.78 is 12.3. The third-order valence-electron chi connectivity index (χ3n) is 2.83. The van der Waals surface area contributed by atoms with E-state index in [1.807, 2.05) is 28.9 Å². The lowest BCUT2D eigenvalue weighted by molar-refractivity contribution is 0.0287. The van der Waals surface area contributed by atoms with Crippen LogP contribution in [0.5, 0.6) is 0 Å². The van der Waals surface area contributed by atoms with Crippen LogP contribution in [0, 0.1) is 0 Å². The van der Waals surface area contributed by atoms with E-state index in [2.05, 4.69) is 10.3 Å². The molecule has 0 radical (unpaired) electrons. The Bertz CT molecular complexity index is 530. The third kappa shape index (κ3) is 3.91. The van der Waals surface area contributed by atoms with E-state index < -0.39 is 0 Å². The van der Waals surface area contributed by atoms with Crippen LogP contribution in [0.25, 0.3) is 5.65 Å². The average Bonchev–Trinajstić information content (AvgIpc) is 2.79. The summed E-state index contributed by atoms with van der Waals surface area (Å²) in [6.07, 6.45) is 3.86. The highest BCUT2D eigenvalue weighted by Crippen LogP contribution is 2.11. The van der Waals surface area contributed by atoms with E-state index in [0.29, 0.717) is 18.2 Å². The van der Waals surface area contributed by atoms with Crippen LogP contribution in [-0.2, 0) is 16.0 Å². The summed E-state index contributed by atoms with van der Waals surface area (Å²) in [6, 6.07) is 3.73. The lowest BCUT2D eigenvalue weighted by Crippen LogP contribution is -2.31. The number of fused-ring (bicyclic) bond motifs is 1. The van der Waals surface area contributed by atoms with Gasteiger partial charge in [-0.25, -0.2) is 4.98 Å². The van der Waals surface area contributed by atoms with E-state index in [1.54, 1.807) is 14.2 Å². The van der Waals surface area contributed by atoms with Crippen molar-refractivity contribution in [3.8, 4) is 0 Å². The molecule has 0 saturated carbocycles. The van der Waals surface area contributed by atoms with Gasteiger partial charge in [0.1, 0.15) is 5.65 Å². The average molecular weight is 284 g/mol. The third-order valence-corrected chi connectivity index (χ3v) is 3.05. The highest BCUT2D eigenvalue weighted by atomic mass is 35.5. The van der Waals surface area contributed by atoms with E-state index >= 15 is 0 Å². The predicted molar refractivity (Wildman–Crippen MR) is 74.6 cm³/mol. The maximum absolute atomic E-state index is 5.93. The molecule has 1 unspecified atom stereocenters. The summed E-state index contributed by atoms with van der Waals surface area (Å²) >= 11 is 5.93. The Labute approximate surface area is 117 Å². The fourth-order valence-corrected chi connectivity index (χ4v) is 2.03. The van der Waals surface area contributed by atoms with Gasteiger partial charge in [-0.1, -0.05) is 11.6 Å². The number of ether oxygens (including phenoxy) is 2. The molecule has 0 aliphatic rings. The zero-order valence-corrected chi connectivity index (χ0v) is 11.9. The lowest BCUT2D eigenvalue weighted by atomic mass is 10.3. The number of nitrogens with zero attached hydrogens (tertiary/aromatic N) is 2. The molecule has 2 rings (SSSR count). The van der Waals surface area contributed by atoms with Crippen molar-refractivity contribution >= 4 is 17.2 Å². The molecule has 0 bridgehead atoms. The van der Waals surface area contributed by atoms with Crippen LogP contribution in [0.15, 0.2) is 24.5 Å². The first-order chi connectivity index (χ1) is 9.22. The first-order valence-corrected chi connectivity index (χ1v) is 6.46. The van der Waals surface area contributed by atoms with Crippen LogP contribution in [0.4, 0.5) is 0 Å². The van der Waals surface area contributed by atoms with Gasteiger partial charge in [0, 0.05) is 39.7 Å². The monoisotopic (exact) mass is 283 g/mol. The number of halogens is 1. The van der Waals surface area contributed by atoms with Crippen molar-refractivity contribution in [2.75, 3.05) is 27.4 Å². The van der Waals surface area contributed by atoms with E-state index in [9.17, 15) is 0 Å². The van der Waals surface area contributed by atoms with Crippen molar-refractivity contribution in [2.24, 2.45) is 0 Å². The van der Waals surface area contributed by atoms with Crippen LogP contribution in [0.3, 0.4) is 0 Å². The molecule has 19 heavy (non-hydrogen) atoms. The zero-order valence-electron chi connectivity index (χ0n) is 11.1. The Morgan fingerprint density at radius 1 is 1.37 bits per heavy atom. The second-order valence-electron chi connectivity index (χ2n) is 4.29. The first kappa shape index (κ1) is 14.3. The molecular formula is C13H18ClN3O2. The molecule has 104 valence electrons. The molecule has 0 aromatic carbocycles. The maximum Gasteiger partial charge on any atom is 0.137 e. The summed E-state index contributed by atoms with van der Waals surface area (Å²) in [7, 11) is 3.34. The minimum absolute atomic E-state index is 0.0523. The smallest absolute Gasteiger partial charge is 0.137 e. The quantitative estimate of drug-likeness (QED) is 0.841. The molecule has 0 saturated heterocycles. The number of hydrogen-bond acceptors (Lipinski definition) is 4. The van der Waals surface area contributed by atoms with Crippen molar-refractivity contribution in [2.45, 2.75) is 12.6 Å². The number of hydrogen-bond donors (Lipinski definition) is 1. The van der Waals surface area contributed by atoms with Gasteiger partial charge in [-0.15, -0.1) is 0 Å². The number of methoxy groups -OCH3 is 2. The molecule has 2 aromatic heterocycles. The molecule has 6 heteroatoms. The van der Waals surface area contributed by atoms with E-state index in [-0.39, 0.29) is 6.10 Å². The molecular weight excluding hydrogens is 266 g/mol. The largest absolute Gasteiger partial charge is 0.382 e. The van der Waals surface area contributed by atoms with Crippen molar-refractivity contribution in [1.82, 2.24) is 14.7 Å². The summed E-state index contributed by atoms with van der Waals surface area (Å²) in [5.74, 6) is 0. The minimum atomic E-state index is 0.0523. The summed E-state index contributed by atoms with van der Waals surface area (Å²) in [4.78, 5) is 4.49. The summed E-state index contributed by atoms with van der Waals surface area (Å²) in [5.41, 5.74) is 1.86. The standard InChI is InChI=1S/C13H18ClN3O2/c1-18-9-12(19-2)6-15-5-11-8-17-7-10(14)3-4-13(17)16-11/h3-4,7-8,12,15H,5-6,9H2,1-2H3. The Balaban J connectivity index is 1.91. The molecule has 2 aromatic rings. The highest BCUT2D eigenvalue weighted by molar-refractivity contribution is 6.30. The molecule has 0 aliphatic carbocycles. The van der Waals surface area contributed by atoms with Crippen LogP contribution in [0.2, 0.25) is 5.02 Å². The van der Waals surface area contributed by atoms with E-state index in [4.69, 9.17) is 21.1 Å². The van der Waals surface area contributed by atoms with Gasteiger partial charge >= 0.3 is 0 Å². The Hall–Kier alpha value is -1.14. The van der Waals surface area contributed by atoms with Gasteiger partial charge < -0.3 is 19.2 Å². The molecule has 2 heterocycles. The van der Waals surface area contributed by atoms with Gasteiger partial charge in [0.2, 0.25) is 0 Å². The molecule has 1 atom stereocenters. The van der Waals surface area contributed by atoms with Crippen LogP contribution in [0.1, 0.15) is 5.69 Å². The zero-order chi connectivity index (χ0) is 13.7. The fraction of sp³-hybridized carbons (Fsp3) is 0.462. The lowest BCUT2D eigenvalue weighted by Gasteiger charge is -2.14. The second kappa shape index (κ2) is 6.86. The van der Waals surface area contributed by atoms with Gasteiger partial charge in [-0.2, -0.15) is 0 Å². The van der Waals surface area contributed by atoms with E-state index in [0.717, 1.165) is 17.9 Å². The first-order valence-electron chi connectivity index (χ1n) is 6.08. The van der Waals surface area contributed by atoms with Gasteiger partial charge in [-0.3, -0.25) is 0 Å². The summed E-state index contributed by atoms with van der Waals surface area (Å²) in [6.45, 7) is 1.98. The Morgan fingerprint density at radius 3 is 2.95 bits per heavy atom. The number of nitrogens with one attached hydrogen (secondary N) is 1. The molecule has 0 fully saturated rings. The Kier molecular flexibility index (Phi) is 5.15. The van der Waals surface area contributed by atoms with Crippen LogP contribution >= 0.6 is 11.6 Å². The molecule has 0 spiro atoms. The molecule has 5 nitrogen and oxygen atoms in total. The number of pyridine rings is 1. The van der Waals surface area contributed by atoms with Crippen molar-refractivity contribution < 1.29 is 9.47 Å². The fourth-order valence-electron chi connectivity index (χ4n) is 1.86. The Morgan fingerprint density at radius 2 is 2.21 bits per heavy atom. The van der Waals surface area contributed by atoms with Gasteiger partial charge in [0.15, 0.2) is 0 Å². The topological polar surface area (TPSA) is 47.8 Å². The SMILES string of the molecule is COCC(CNCc1cn2cc(Cl)ccc2n1)OC. The number of imidazole rings is 1. The predicted octanol–water partition coefficient (Wildman–Crippen LogP) is 1.74. The highest BCUT2D eigenvalue weighted by Gasteiger charge is 2.07. The second-order valence-corrected chi connectivity index (χ2v) is 4.73. The van der Waals surface area contributed by atoms with Crippen molar-refractivity contribution in [3.05, 3.63) is 35.2 Å². The van der Waals surface area contributed by atoms with E-state index in [1.165, 1.54) is 0 Å². The molecule has 0 amide bonds. The number of rotatable bonds is 7. The summed E-state index contributed by atoms with van der Waals surface area (Å²) in [5, 5.41) is 4.00. The van der Waals surface area contributed by atoms with Gasteiger partial charge in [-0.05, 0) is 12.1 Å². The molecule has 0 aliphatic heterocycles. The van der Waals surface area contributed by atoms with Gasteiger partial charge in [0.05, 0.1) is 23.4 Å². The van der Waals surface area contributed by atoms with Crippen LogP contribution in [-0.4, -0.2) is 42.9 Å². The number of aromatic nitrogens is 2. The van der Waals surface area contributed by atoms with Gasteiger partial charge in [0.25, 0.3) is 0 Å². The normalized spacial score (nSPS) is 13.0. The van der Waals surface area contributed by atoms with Crippen molar-refractivity contribution in [1.29, 1.82) is 0 Å². The van der Waals surface area contributed by atoms with Crippen molar-refractivity contribution in [3.63, 3.8) is 0 Å². The maximum atomic E-state index is 5.93.